The van der Waals surface area contributed by atoms with Gasteiger partial charge in [0.05, 0.1) is 26.9 Å². The molecule has 0 bridgehead atoms. The van der Waals surface area contributed by atoms with Crippen LogP contribution in [0.15, 0.2) is 59.6 Å². The summed E-state index contributed by atoms with van der Waals surface area (Å²) < 4.78 is 47.2. The highest BCUT2D eigenvalue weighted by molar-refractivity contribution is 5.89. The van der Waals surface area contributed by atoms with Crippen LogP contribution in [0, 0.1) is 5.92 Å². The van der Waals surface area contributed by atoms with Gasteiger partial charge in [0.15, 0.2) is 29.1 Å². The van der Waals surface area contributed by atoms with Gasteiger partial charge >= 0.3 is 11.9 Å². The number of esters is 2. The summed E-state index contributed by atoms with van der Waals surface area (Å²) in [5.41, 5.74) is -0.0138. The van der Waals surface area contributed by atoms with E-state index >= 15 is 0 Å². The molecule has 11 heteroatoms. The molecule has 1 unspecified atom stereocenters. The number of allylic oxidation sites excluding steroid dienone is 1. The molecule has 1 aliphatic heterocycles. The van der Waals surface area contributed by atoms with Gasteiger partial charge in [0.2, 0.25) is 12.5 Å². The SMILES string of the molecule is COC1=C(OC)C(OC)[C@H]2C(=C1)[C@H](OC(=O)c1ccccc1)[C@@](C)(O)[C@@H](C)[C@@H](OC(C)=O)c1cc3c(c(OC)c12)OCO3. The topological polar surface area (TPSA) is 128 Å². The standard InChI is InChI=1S/C32H36O11/c1-16-25(42-17(2)33)19-13-22-27(41-15-40-22)29(39-7)23(19)24-20(14-21(36-4)26(37-5)28(24)38-6)30(32(16,3)35)43-31(34)18-11-9-8-10-12-18/h8-14,16,24-25,28,30,35H,15H2,1-7H3/t16-,24-,25+,28?,30-,32-/m0/s1. The van der Waals surface area contributed by atoms with E-state index in [0.29, 0.717) is 51.0 Å². The van der Waals surface area contributed by atoms with Gasteiger partial charge in [-0.2, -0.15) is 0 Å². The lowest BCUT2D eigenvalue weighted by molar-refractivity contribution is -0.164. The second kappa shape index (κ2) is 11.8. The molecule has 2 aliphatic carbocycles. The normalized spacial score (nSPS) is 27.5. The van der Waals surface area contributed by atoms with Crippen LogP contribution in [0.3, 0.4) is 0 Å². The maximum atomic E-state index is 13.6. The first-order chi connectivity index (χ1) is 20.6. The Hall–Kier alpha value is -4.22. The summed E-state index contributed by atoms with van der Waals surface area (Å²) in [4.78, 5) is 26.1. The number of fused-ring (bicyclic) bond motifs is 4. The number of carbonyl (C=O) groups excluding carboxylic acids is 2. The molecule has 0 spiro atoms. The van der Waals surface area contributed by atoms with Crippen molar-refractivity contribution in [2.75, 3.05) is 35.2 Å². The number of rotatable bonds is 7. The Morgan fingerprint density at radius 3 is 2.30 bits per heavy atom. The van der Waals surface area contributed by atoms with Gasteiger partial charge in [-0.15, -0.1) is 0 Å². The van der Waals surface area contributed by atoms with Gasteiger partial charge in [0.25, 0.3) is 0 Å². The van der Waals surface area contributed by atoms with Crippen LogP contribution in [0.2, 0.25) is 0 Å². The highest BCUT2D eigenvalue weighted by Gasteiger charge is 2.55. The molecule has 0 amide bonds. The minimum absolute atomic E-state index is 0.0461. The summed E-state index contributed by atoms with van der Waals surface area (Å²) in [5, 5.41) is 12.4. The number of aliphatic hydroxyl groups is 1. The molecule has 0 fully saturated rings. The van der Waals surface area contributed by atoms with Crippen molar-refractivity contribution in [2.45, 2.75) is 50.6 Å². The van der Waals surface area contributed by atoms with Gasteiger partial charge in [-0.3, -0.25) is 4.79 Å². The van der Waals surface area contributed by atoms with Crippen molar-refractivity contribution in [1.29, 1.82) is 0 Å². The summed E-state index contributed by atoms with van der Waals surface area (Å²) in [5.74, 6) is -1.11. The number of benzene rings is 2. The first-order valence-electron chi connectivity index (χ1n) is 13.8. The van der Waals surface area contributed by atoms with Crippen LogP contribution < -0.4 is 14.2 Å². The monoisotopic (exact) mass is 596 g/mol. The summed E-state index contributed by atoms with van der Waals surface area (Å²) >= 11 is 0. The Morgan fingerprint density at radius 2 is 1.70 bits per heavy atom. The minimum Gasteiger partial charge on any atom is -0.494 e. The van der Waals surface area contributed by atoms with Gasteiger partial charge in [-0.1, -0.05) is 25.1 Å². The zero-order valence-corrected chi connectivity index (χ0v) is 25.2. The van der Waals surface area contributed by atoms with E-state index in [9.17, 15) is 14.7 Å². The molecule has 230 valence electrons. The van der Waals surface area contributed by atoms with Gasteiger partial charge in [-0.25, -0.2) is 4.79 Å². The summed E-state index contributed by atoms with van der Waals surface area (Å²) in [6, 6.07) is 10.2. The Labute approximate surface area is 249 Å². The number of methoxy groups -OCH3 is 4. The van der Waals surface area contributed by atoms with Gasteiger partial charge in [0.1, 0.15) is 17.8 Å². The zero-order chi connectivity index (χ0) is 31.1. The average Bonchev–Trinajstić information content (AvgIpc) is 3.48. The van der Waals surface area contributed by atoms with Crippen molar-refractivity contribution < 1.29 is 52.6 Å². The Balaban J connectivity index is 1.86. The number of ether oxygens (including phenoxy) is 8. The maximum Gasteiger partial charge on any atom is 0.338 e. The molecular weight excluding hydrogens is 560 g/mol. The smallest absolute Gasteiger partial charge is 0.338 e. The molecule has 0 aromatic heterocycles. The Morgan fingerprint density at radius 1 is 0.977 bits per heavy atom. The predicted octanol–water partition coefficient (Wildman–Crippen LogP) is 4.20. The zero-order valence-electron chi connectivity index (χ0n) is 25.2. The largest absolute Gasteiger partial charge is 0.494 e. The fraction of sp³-hybridized carbons (Fsp3) is 0.438. The number of carbonyl (C=O) groups is 2. The summed E-state index contributed by atoms with van der Waals surface area (Å²) in [6.07, 6.45) is -1.47. The first-order valence-corrected chi connectivity index (χ1v) is 13.8. The molecular formula is C32H36O11. The molecule has 6 atom stereocenters. The van der Waals surface area contributed by atoms with Crippen LogP contribution in [0.5, 0.6) is 17.2 Å². The Kier molecular flexibility index (Phi) is 8.31. The second-order valence-electron chi connectivity index (χ2n) is 10.8. The van der Waals surface area contributed by atoms with Gasteiger partial charge < -0.3 is 43.0 Å². The first kappa shape index (κ1) is 30.2. The van der Waals surface area contributed by atoms with E-state index in [4.69, 9.17) is 37.9 Å². The van der Waals surface area contributed by atoms with Crippen molar-refractivity contribution in [3.05, 3.63) is 76.3 Å². The fourth-order valence-electron chi connectivity index (χ4n) is 6.19. The lowest BCUT2D eigenvalue weighted by Gasteiger charge is -2.48. The third-order valence-corrected chi connectivity index (χ3v) is 8.40. The number of hydrogen-bond donors (Lipinski definition) is 1. The van der Waals surface area contributed by atoms with Crippen LogP contribution in [0.1, 0.15) is 54.3 Å². The molecule has 11 nitrogen and oxygen atoms in total. The van der Waals surface area contributed by atoms with E-state index < -0.39 is 47.7 Å². The van der Waals surface area contributed by atoms with Crippen LogP contribution >= 0.6 is 0 Å². The maximum absolute atomic E-state index is 13.6. The summed E-state index contributed by atoms with van der Waals surface area (Å²) in [6.45, 7) is 4.52. The Bertz CT molecular complexity index is 1460. The van der Waals surface area contributed by atoms with Gasteiger partial charge in [-0.05, 0) is 36.8 Å². The molecule has 3 aliphatic rings. The molecule has 1 N–H and O–H groups in total. The third-order valence-electron chi connectivity index (χ3n) is 8.40. The molecule has 0 saturated carbocycles. The highest BCUT2D eigenvalue weighted by Crippen LogP contribution is 2.58. The van der Waals surface area contributed by atoms with Gasteiger partial charge in [0, 0.05) is 37.0 Å². The fourth-order valence-corrected chi connectivity index (χ4v) is 6.19. The van der Waals surface area contributed by atoms with E-state index in [1.54, 1.807) is 56.3 Å². The molecule has 2 aromatic carbocycles. The predicted molar refractivity (Wildman–Crippen MR) is 152 cm³/mol. The van der Waals surface area contributed by atoms with Crippen molar-refractivity contribution in [2.24, 2.45) is 5.92 Å². The highest BCUT2D eigenvalue weighted by atomic mass is 16.7. The number of hydrogen-bond acceptors (Lipinski definition) is 11. The quantitative estimate of drug-likeness (QED) is 0.462. The molecule has 5 rings (SSSR count). The van der Waals surface area contributed by atoms with Crippen LogP contribution in [0.4, 0.5) is 0 Å². The molecule has 43 heavy (non-hydrogen) atoms. The van der Waals surface area contributed by atoms with Crippen molar-refractivity contribution >= 4 is 11.9 Å². The van der Waals surface area contributed by atoms with Crippen molar-refractivity contribution in [3.63, 3.8) is 0 Å². The second-order valence-corrected chi connectivity index (χ2v) is 10.8. The van der Waals surface area contributed by atoms with E-state index in [1.807, 2.05) is 0 Å². The van der Waals surface area contributed by atoms with E-state index in [0.717, 1.165) is 0 Å². The van der Waals surface area contributed by atoms with E-state index in [-0.39, 0.29) is 6.79 Å². The molecule has 0 radical (unpaired) electrons. The lowest BCUT2D eigenvalue weighted by Crippen LogP contribution is -2.54. The van der Waals surface area contributed by atoms with E-state index in [1.165, 1.54) is 35.4 Å². The van der Waals surface area contributed by atoms with Crippen molar-refractivity contribution in [3.8, 4) is 17.2 Å². The minimum atomic E-state index is -1.79. The van der Waals surface area contributed by atoms with Crippen molar-refractivity contribution in [1.82, 2.24) is 0 Å². The van der Waals surface area contributed by atoms with E-state index in [2.05, 4.69) is 0 Å². The molecule has 2 aromatic rings. The average molecular weight is 597 g/mol. The molecule has 1 heterocycles. The van der Waals surface area contributed by atoms with Crippen LogP contribution in [0.25, 0.3) is 0 Å². The molecule has 0 saturated heterocycles. The lowest BCUT2D eigenvalue weighted by atomic mass is 9.66. The third kappa shape index (κ3) is 5.06. The van der Waals surface area contributed by atoms with Crippen LogP contribution in [-0.2, 0) is 28.5 Å². The summed E-state index contributed by atoms with van der Waals surface area (Å²) in [7, 11) is 5.97. The van der Waals surface area contributed by atoms with Crippen LogP contribution in [-0.4, -0.2) is 70.1 Å².